The molecule has 0 saturated carbocycles. The molecule has 2 N–H and O–H groups in total. The number of hydrogen-bond acceptors (Lipinski definition) is 6. The summed E-state index contributed by atoms with van der Waals surface area (Å²) in [5.41, 5.74) is 13.2. The van der Waals surface area contributed by atoms with Gasteiger partial charge in [-0.1, -0.05) is 50.1 Å². The number of aliphatic imine (C=N–C) groups is 1. The van der Waals surface area contributed by atoms with Crippen molar-refractivity contribution < 1.29 is 4.79 Å². The Morgan fingerprint density at radius 2 is 1.89 bits per heavy atom. The molecule has 2 aromatic rings. The number of ketones is 1. The summed E-state index contributed by atoms with van der Waals surface area (Å²) in [6, 6.07) is 10.6. The Morgan fingerprint density at radius 3 is 2.63 bits per heavy atom. The lowest BCUT2D eigenvalue weighted by molar-refractivity contribution is -0.118. The number of fused-ring (bicyclic) bond motifs is 6. The number of nitriles is 1. The zero-order valence-electron chi connectivity index (χ0n) is 20.6. The van der Waals surface area contributed by atoms with Crippen molar-refractivity contribution in [2.75, 3.05) is 4.90 Å². The van der Waals surface area contributed by atoms with Crippen LogP contribution in [0.5, 0.6) is 0 Å². The molecule has 1 unspecified atom stereocenters. The molecule has 6 rings (SSSR count). The van der Waals surface area contributed by atoms with Gasteiger partial charge in [-0.25, -0.2) is 4.99 Å². The van der Waals surface area contributed by atoms with Crippen LogP contribution in [0.1, 0.15) is 79.0 Å². The summed E-state index contributed by atoms with van der Waals surface area (Å²) in [6.45, 7) is 6.36. The molecule has 6 heteroatoms. The molecule has 35 heavy (non-hydrogen) atoms. The number of thiophene rings is 1. The van der Waals surface area contributed by atoms with Gasteiger partial charge < -0.3 is 5.73 Å². The van der Waals surface area contributed by atoms with Gasteiger partial charge in [-0.3, -0.25) is 9.69 Å². The number of allylic oxidation sites excluding steroid dienone is 3. The Morgan fingerprint density at radius 1 is 1.14 bits per heavy atom. The topological polar surface area (TPSA) is 82.5 Å². The van der Waals surface area contributed by atoms with Crippen molar-refractivity contribution in [3.05, 3.63) is 74.1 Å². The fraction of sp³-hybridized carbons (Fsp3) is 0.414. The number of hydrogen-bond donors (Lipinski definition) is 1. The number of carbonyl (C=O) groups excluding carboxylic acids is 1. The smallest absolute Gasteiger partial charge is 0.162 e. The van der Waals surface area contributed by atoms with Gasteiger partial charge >= 0.3 is 0 Å². The second-order valence-corrected chi connectivity index (χ2v) is 12.2. The van der Waals surface area contributed by atoms with E-state index < -0.39 is 5.92 Å². The standard InChI is InChI=1S/C29H30N4OS/c1-16-9-11-17(12-10-16)23-19(15-30)27-32-26(31)24-18-7-5-4-6-8-22(18)35-28(24)33(27)20-13-29(2,3)14-21(34)25(20)23/h9-12,23H,4-8,13-14H2,1-3H3,(H2,31,32). The highest BCUT2D eigenvalue weighted by molar-refractivity contribution is 7.17. The van der Waals surface area contributed by atoms with E-state index >= 15 is 0 Å². The Balaban J connectivity index is 1.64. The Kier molecular flexibility index (Phi) is 5.05. The fourth-order valence-corrected chi connectivity index (χ4v) is 7.63. The van der Waals surface area contributed by atoms with Crippen LogP contribution in [0, 0.1) is 23.7 Å². The van der Waals surface area contributed by atoms with Gasteiger partial charge in [0.25, 0.3) is 0 Å². The van der Waals surface area contributed by atoms with Crippen molar-refractivity contribution in [1.82, 2.24) is 0 Å². The number of anilines is 1. The summed E-state index contributed by atoms with van der Waals surface area (Å²) in [4.78, 5) is 22.2. The first kappa shape index (κ1) is 22.3. The quantitative estimate of drug-likeness (QED) is 0.503. The second kappa shape index (κ2) is 7.93. The molecule has 0 saturated heterocycles. The molecule has 1 atom stereocenters. The average molecular weight is 483 g/mol. The Bertz CT molecular complexity index is 1400. The van der Waals surface area contributed by atoms with Crippen LogP contribution in [-0.2, 0) is 17.6 Å². The molecule has 0 radical (unpaired) electrons. The highest BCUT2D eigenvalue weighted by Crippen LogP contribution is 2.55. The van der Waals surface area contributed by atoms with Gasteiger partial charge in [0.05, 0.1) is 23.1 Å². The highest BCUT2D eigenvalue weighted by Gasteiger charge is 2.47. The van der Waals surface area contributed by atoms with Crippen LogP contribution in [0.4, 0.5) is 5.00 Å². The molecule has 2 aliphatic carbocycles. The fourth-order valence-electron chi connectivity index (χ4n) is 6.21. The SMILES string of the molecule is Cc1ccc(C2C(C#N)=C3N=C(N)c4c(sc5c4CCCCC5)N3C3=C2C(=O)CC(C)(C)C3)cc1. The predicted molar refractivity (Wildman–Crippen MR) is 140 cm³/mol. The minimum absolute atomic E-state index is 0.135. The van der Waals surface area contributed by atoms with Gasteiger partial charge in [-0.05, 0) is 55.6 Å². The maximum atomic E-state index is 13.8. The number of nitrogens with zero attached hydrogens (tertiary/aromatic N) is 3. The summed E-state index contributed by atoms with van der Waals surface area (Å²) in [5, 5.41) is 11.5. The lowest BCUT2D eigenvalue weighted by Gasteiger charge is -2.44. The van der Waals surface area contributed by atoms with Crippen molar-refractivity contribution in [3.63, 3.8) is 0 Å². The molecule has 0 fully saturated rings. The molecule has 3 heterocycles. The normalized spacial score (nSPS) is 23.0. The van der Waals surface area contributed by atoms with Crippen LogP contribution in [0.2, 0.25) is 0 Å². The van der Waals surface area contributed by atoms with E-state index in [0.717, 1.165) is 58.6 Å². The summed E-state index contributed by atoms with van der Waals surface area (Å²) in [5.74, 6) is 0.826. The third-order valence-electron chi connectivity index (χ3n) is 7.82. The number of amidine groups is 1. The molecular weight excluding hydrogens is 452 g/mol. The molecule has 0 bridgehead atoms. The zero-order valence-corrected chi connectivity index (χ0v) is 21.4. The number of carbonyl (C=O) groups is 1. The average Bonchev–Trinajstić information content (AvgIpc) is 3.01. The van der Waals surface area contributed by atoms with E-state index in [9.17, 15) is 10.1 Å². The third kappa shape index (κ3) is 3.40. The van der Waals surface area contributed by atoms with E-state index in [0.29, 0.717) is 23.7 Å². The van der Waals surface area contributed by atoms with Crippen LogP contribution in [0.25, 0.3) is 0 Å². The second-order valence-electron chi connectivity index (χ2n) is 11.1. The lowest BCUT2D eigenvalue weighted by atomic mass is 9.68. The summed E-state index contributed by atoms with van der Waals surface area (Å²) < 4.78 is 0. The van der Waals surface area contributed by atoms with Crippen molar-refractivity contribution >= 4 is 28.0 Å². The molecule has 5 nitrogen and oxygen atoms in total. The summed E-state index contributed by atoms with van der Waals surface area (Å²) in [7, 11) is 0. The van der Waals surface area contributed by atoms with E-state index in [1.165, 1.54) is 23.3 Å². The first-order valence-corrected chi connectivity index (χ1v) is 13.4. The number of nitrogens with two attached hydrogens (primary N) is 1. The lowest BCUT2D eigenvalue weighted by Crippen LogP contribution is -2.41. The maximum absolute atomic E-state index is 13.8. The van der Waals surface area contributed by atoms with E-state index in [4.69, 9.17) is 10.7 Å². The minimum atomic E-state index is -0.415. The first-order chi connectivity index (χ1) is 16.8. The Labute approximate surface area is 210 Å². The van der Waals surface area contributed by atoms with Crippen LogP contribution in [-0.4, -0.2) is 11.6 Å². The van der Waals surface area contributed by atoms with Gasteiger partial charge in [-0.2, -0.15) is 5.26 Å². The van der Waals surface area contributed by atoms with Gasteiger partial charge in [0, 0.05) is 22.6 Å². The van der Waals surface area contributed by atoms with Crippen molar-refractivity contribution in [2.24, 2.45) is 16.1 Å². The van der Waals surface area contributed by atoms with Gasteiger partial charge in [0.2, 0.25) is 0 Å². The molecule has 2 aliphatic heterocycles. The maximum Gasteiger partial charge on any atom is 0.162 e. The molecule has 4 aliphatic rings. The minimum Gasteiger partial charge on any atom is -0.383 e. The van der Waals surface area contributed by atoms with Crippen LogP contribution >= 0.6 is 11.3 Å². The third-order valence-corrected chi connectivity index (χ3v) is 9.09. The van der Waals surface area contributed by atoms with E-state index in [-0.39, 0.29) is 11.2 Å². The number of benzene rings is 1. The molecule has 0 amide bonds. The van der Waals surface area contributed by atoms with E-state index in [1.807, 2.05) is 31.2 Å². The first-order valence-electron chi connectivity index (χ1n) is 12.6. The van der Waals surface area contributed by atoms with Crippen LogP contribution in [0.15, 0.2) is 51.9 Å². The van der Waals surface area contributed by atoms with Crippen molar-refractivity contribution in [1.29, 1.82) is 5.26 Å². The zero-order chi connectivity index (χ0) is 24.5. The van der Waals surface area contributed by atoms with Crippen LogP contribution in [0.3, 0.4) is 0 Å². The van der Waals surface area contributed by atoms with Crippen molar-refractivity contribution in [3.8, 4) is 6.07 Å². The molecule has 1 aromatic heterocycles. The molecular formula is C29H30N4OS. The number of rotatable bonds is 1. The summed E-state index contributed by atoms with van der Waals surface area (Å²) in [6.07, 6.45) is 6.88. The van der Waals surface area contributed by atoms with E-state index in [1.54, 1.807) is 11.3 Å². The molecule has 1 aromatic carbocycles. The largest absolute Gasteiger partial charge is 0.383 e. The highest BCUT2D eigenvalue weighted by atomic mass is 32.1. The summed E-state index contributed by atoms with van der Waals surface area (Å²) >= 11 is 1.79. The number of aryl methyl sites for hydroxylation is 2. The van der Waals surface area contributed by atoms with Crippen molar-refractivity contribution in [2.45, 2.75) is 71.6 Å². The molecule has 178 valence electrons. The predicted octanol–water partition coefficient (Wildman–Crippen LogP) is 6.03. The van der Waals surface area contributed by atoms with Gasteiger partial charge in [-0.15, -0.1) is 11.3 Å². The van der Waals surface area contributed by atoms with E-state index in [2.05, 4.69) is 24.8 Å². The monoisotopic (exact) mass is 482 g/mol. The Hall–Kier alpha value is -3.17. The van der Waals surface area contributed by atoms with Crippen LogP contribution < -0.4 is 10.6 Å². The molecule has 0 spiro atoms. The number of Topliss-reactive ketones (excluding diaryl/α,β-unsaturated/α-hetero) is 1. The van der Waals surface area contributed by atoms with Gasteiger partial charge in [0.1, 0.15) is 10.8 Å². The van der Waals surface area contributed by atoms with Gasteiger partial charge in [0.15, 0.2) is 11.6 Å².